The molecule has 0 aliphatic heterocycles. The molecule has 0 saturated heterocycles. The van der Waals surface area contributed by atoms with E-state index in [4.69, 9.17) is 49.0 Å². The predicted octanol–water partition coefficient (Wildman–Crippen LogP) is 4.45. The molecule has 9 heteroatoms. The van der Waals surface area contributed by atoms with Crippen LogP contribution in [0.15, 0.2) is 35.1 Å². The average Bonchev–Trinajstić information content (AvgIpc) is 2.64. The fourth-order valence-electron chi connectivity index (χ4n) is 2.69. The zero-order valence-corrected chi connectivity index (χ0v) is 17.8. The fraction of sp³-hybridized carbons (Fsp3) is 0.368. The van der Waals surface area contributed by atoms with Crippen LogP contribution in [0.1, 0.15) is 18.4 Å². The number of carbonyl (C=O) groups excluding carboxylic acids is 2. The normalized spacial score (nSPS) is 18.8. The molecule has 0 amide bonds. The molecule has 6 nitrogen and oxygen atoms in total. The van der Waals surface area contributed by atoms with Crippen molar-refractivity contribution in [3.8, 4) is 5.75 Å². The van der Waals surface area contributed by atoms with E-state index in [2.05, 4.69) is 4.74 Å². The number of methoxy groups -OCH3 is 3. The first-order valence-electron chi connectivity index (χ1n) is 8.15. The summed E-state index contributed by atoms with van der Waals surface area (Å²) in [5, 5.41) is 0.862. The number of hydrogen-bond donors (Lipinski definition) is 0. The molecule has 28 heavy (non-hydrogen) atoms. The van der Waals surface area contributed by atoms with Gasteiger partial charge in [0.2, 0.25) is 0 Å². The summed E-state index contributed by atoms with van der Waals surface area (Å²) in [5.41, 5.74) is -0.525. The van der Waals surface area contributed by atoms with Crippen LogP contribution in [0.2, 0.25) is 10.0 Å². The van der Waals surface area contributed by atoms with Crippen molar-refractivity contribution in [3.05, 3.63) is 50.7 Å². The van der Waals surface area contributed by atoms with Gasteiger partial charge in [0.05, 0.1) is 37.1 Å². The largest absolute Gasteiger partial charge is 0.469 e. The van der Waals surface area contributed by atoms with Gasteiger partial charge in [0.15, 0.2) is 5.75 Å². The zero-order valence-electron chi connectivity index (χ0n) is 15.5. The van der Waals surface area contributed by atoms with Gasteiger partial charge < -0.3 is 18.9 Å². The fourth-order valence-corrected chi connectivity index (χ4v) is 3.61. The minimum Gasteiger partial charge on any atom is -0.469 e. The van der Waals surface area contributed by atoms with E-state index in [1.807, 2.05) is 0 Å². The van der Waals surface area contributed by atoms with Crippen LogP contribution in [0.5, 0.6) is 5.75 Å². The van der Waals surface area contributed by atoms with Crippen LogP contribution in [0.4, 0.5) is 0 Å². The Labute approximate surface area is 177 Å². The lowest BCUT2D eigenvalue weighted by atomic mass is 9.93. The molecule has 0 spiro atoms. The van der Waals surface area contributed by atoms with Crippen molar-refractivity contribution in [1.82, 2.24) is 0 Å². The summed E-state index contributed by atoms with van der Waals surface area (Å²) in [6.07, 6.45) is 3.47. The van der Waals surface area contributed by atoms with E-state index >= 15 is 0 Å². The van der Waals surface area contributed by atoms with Gasteiger partial charge in [-0.25, -0.2) is 0 Å². The lowest BCUT2D eigenvalue weighted by Gasteiger charge is -2.30. The van der Waals surface area contributed by atoms with E-state index < -0.39 is 17.5 Å². The number of esters is 2. The van der Waals surface area contributed by atoms with Crippen molar-refractivity contribution in [3.63, 3.8) is 0 Å². The number of allylic oxidation sites excluding steroid dienone is 1. The third-order valence-electron chi connectivity index (χ3n) is 4.05. The van der Waals surface area contributed by atoms with Crippen LogP contribution in [-0.4, -0.2) is 38.9 Å². The van der Waals surface area contributed by atoms with Gasteiger partial charge in [-0.1, -0.05) is 34.8 Å². The zero-order chi connectivity index (χ0) is 20.9. The van der Waals surface area contributed by atoms with E-state index in [0.717, 1.165) is 0 Å². The molecule has 152 valence electrons. The Morgan fingerprint density at radius 1 is 1.00 bits per heavy atom. The topological polar surface area (TPSA) is 71.1 Å². The molecule has 0 heterocycles. The maximum atomic E-state index is 11.7. The average molecular weight is 450 g/mol. The maximum Gasteiger partial charge on any atom is 0.309 e. The molecule has 1 aromatic carbocycles. The van der Waals surface area contributed by atoms with Crippen LogP contribution < -0.4 is 4.74 Å². The van der Waals surface area contributed by atoms with Crippen molar-refractivity contribution in [2.75, 3.05) is 21.3 Å². The Morgan fingerprint density at radius 3 is 2.14 bits per heavy atom. The van der Waals surface area contributed by atoms with E-state index in [-0.39, 0.29) is 35.1 Å². The standard InChI is InChI=1S/C19H19Cl3O6/c1-25-16(23)6-11-4-14(21)18(15(22)5-11)28-13-7-12(20)8-19(9-13,27-3)10-17(24)26-2/h4-5,8-9H,6-7,10H2,1-3H3. The van der Waals surface area contributed by atoms with Gasteiger partial charge in [0, 0.05) is 18.6 Å². The molecule has 0 bridgehead atoms. The van der Waals surface area contributed by atoms with Crippen molar-refractivity contribution in [2.45, 2.75) is 24.9 Å². The molecule has 1 unspecified atom stereocenters. The predicted molar refractivity (Wildman–Crippen MR) is 106 cm³/mol. The first-order chi connectivity index (χ1) is 13.2. The lowest BCUT2D eigenvalue weighted by Crippen LogP contribution is -2.33. The van der Waals surface area contributed by atoms with Crippen LogP contribution in [-0.2, 0) is 30.2 Å². The summed E-state index contributed by atoms with van der Waals surface area (Å²) in [6.45, 7) is 0. The molecule has 0 N–H and O–H groups in total. The Bertz CT molecular complexity index is 810. The molecular weight excluding hydrogens is 431 g/mol. The van der Waals surface area contributed by atoms with E-state index in [0.29, 0.717) is 16.4 Å². The molecule has 0 saturated carbocycles. The van der Waals surface area contributed by atoms with Crippen LogP contribution in [0.3, 0.4) is 0 Å². The second-order valence-corrected chi connectivity index (χ2v) is 7.33. The lowest BCUT2D eigenvalue weighted by molar-refractivity contribution is -0.144. The molecule has 1 aliphatic carbocycles. The van der Waals surface area contributed by atoms with E-state index in [1.165, 1.54) is 21.3 Å². The van der Waals surface area contributed by atoms with Gasteiger partial charge in [0.25, 0.3) is 0 Å². The second-order valence-electron chi connectivity index (χ2n) is 6.03. The SMILES string of the molecule is COC(=O)Cc1cc(Cl)c(OC2=CC(CC(=O)OC)(OC)C=C(Cl)C2)c(Cl)c1. The highest BCUT2D eigenvalue weighted by Crippen LogP contribution is 2.39. The number of rotatable bonds is 7. The van der Waals surface area contributed by atoms with Crippen molar-refractivity contribution in [2.24, 2.45) is 0 Å². The first kappa shape index (κ1) is 22.6. The van der Waals surface area contributed by atoms with Crippen LogP contribution in [0, 0.1) is 0 Å². The Balaban J connectivity index is 2.31. The van der Waals surface area contributed by atoms with Crippen molar-refractivity contribution < 1.29 is 28.5 Å². The number of hydrogen-bond acceptors (Lipinski definition) is 6. The third kappa shape index (κ3) is 5.64. The summed E-state index contributed by atoms with van der Waals surface area (Å²) in [4.78, 5) is 23.2. The molecule has 1 atom stereocenters. The summed E-state index contributed by atoms with van der Waals surface area (Å²) in [5.74, 6) is -0.274. The Kier molecular flexibility index (Phi) is 7.78. The number of benzene rings is 1. The molecule has 0 fully saturated rings. The maximum absolute atomic E-state index is 11.7. The van der Waals surface area contributed by atoms with Crippen LogP contribution >= 0.6 is 34.8 Å². The molecule has 1 aliphatic rings. The highest BCUT2D eigenvalue weighted by Gasteiger charge is 2.34. The summed E-state index contributed by atoms with van der Waals surface area (Å²) < 4.78 is 20.7. The van der Waals surface area contributed by atoms with Gasteiger partial charge in [-0.3, -0.25) is 9.59 Å². The number of carbonyl (C=O) groups is 2. The molecule has 1 aromatic rings. The second kappa shape index (κ2) is 9.65. The quantitative estimate of drug-likeness (QED) is 0.573. The third-order valence-corrected chi connectivity index (χ3v) is 4.85. The summed E-state index contributed by atoms with van der Waals surface area (Å²) >= 11 is 18.8. The summed E-state index contributed by atoms with van der Waals surface area (Å²) in [6, 6.07) is 3.14. The number of ether oxygens (including phenoxy) is 4. The molecule has 0 aromatic heterocycles. The van der Waals surface area contributed by atoms with Gasteiger partial charge in [-0.05, 0) is 29.8 Å². The molecule has 2 rings (SSSR count). The van der Waals surface area contributed by atoms with Crippen molar-refractivity contribution in [1.29, 1.82) is 0 Å². The monoisotopic (exact) mass is 448 g/mol. The smallest absolute Gasteiger partial charge is 0.309 e. The highest BCUT2D eigenvalue weighted by molar-refractivity contribution is 6.37. The molecular formula is C19H19Cl3O6. The van der Waals surface area contributed by atoms with E-state index in [9.17, 15) is 9.59 Å². The summed E-state index contributed by atoms with van der Waals surface area (Å²) in [7, 11) is 4.03. The van der Waals surface area contributed by atoms with Gasteiger partial charge in [-0.15, -0.1) is 0 Å². The number of halogens is 3. The van der Waals surface area contributed by atoms with Crippen molar-refractivity contribution >= 4 is 46.7 Å². The highest BCUT2D eigenvalue weighted by atomic mass is 35.5. The van der Waals surface area contributed by atoms with Gasteiger partial charge in [0.1, 0.15) is 11.4 Å². The van der Waals surface area contributed by atoms with Crippen LogP contribution in [0.25, 0.3) is 0 Å². The van der Waals surface area contributed by atoms with Gasteiger partial charge >= 0.3 is 11.9 Å². The minimum absolute atomic E-state index is 0.0272. The minimum atomic E-state index is -1.11. The van der Waals surface area contributed by atoms with Gasteiger partial charge in [-0.2, -0.15) is 0 Å². The van der Waals surface area contributed by atoms with E-state index in [1.54, 1.807) is 24.3 Å². The Hall–Kier alpha value is -1.73. The Morgan fingerprint density at radius 2 is 1.61 bits per heavy atom. The first-order valence-corrected chi connectivity index (χ1v) is 9.29. The molecule has 0 radical (unpaired) electrons.